The summed E-state index contributed by atoms with van der Waals surface area (Å²) in [6.45, 7) is 1.75. The minimum absolute atomic E-state index is 0.0235. The van der Waals surface area contributed by atoms with Crippen LogP contribution in [0.3, 0.4) is 0 Å². The third-order valence-corrected chi connectivity index (χ3v) is 8.55. The number of anilines is 1. The minimum Gasteiger partial charge on any atom is -0.493 e. The number of β-lactam (4-membered cyclic amide) rings is 1. The molecule has 1 saturated heterocycles. The van der Waals surface area contributed by atoms with Crippen LogP contribution in [0.15, 0.2) is 50.8 Å². The Kier molecular flexibility index (Phi) is 6.95. The number of carbonyl (C=O) groups excluding carboxylic acids is 2. The van der Waals surface area contributed by atoms with Crippen molar-refractivity contribution < 1.29 is 29.4 Å². The molecule has 200 valence electrons. The number of aliphatic imine (C=N–C) groups is 1. The largest absolute Gasteiger partial charge is 0.493 e. The second-order valence-corrected chi connectivity index (χ2v) is 11.0. The first kappa shape index (κ1) is 25.9. The van der Waals surface area contributed by atoms with E-state index in [0.29, 0.717) is 22.9 Å². The predicted octanol–water partition coefficient (Wildman–Crippen LogP) is 0.173. The first-order valence-electron chi connectivity index (χ1n) is 10.9. The fourth-order valence-corrected chi connectivity index (χ4v) is 6.83. The van der Waals surface area contributed by atoms with Crippen molar-refractivity contribution in [2.24, 2.45) is 10.1 Å². The Hall–Kier alpha value is -3.74. The zero-order chi connectivity index (χ0) is 27.1. The van der Waals surface area contributed by atoms with Gasteiger partial charge in [-0.05, 0) is 24.4 Å². The van der Waals surface area contributed by atoms with Crippen molar-refractivity contribution in [3.8, 4) is 0 Å². The first-order valence-corrected chi connectivity index (χ1v) is 13.7. The number of hydrazine groups is 2. The molecule has 5 rings (SSSR count). The number of nitrogens with zero attached hydrogens (tertiary/aromatic N) is 6. The molecule has 0 saturated carbocycles. The number of rotatable bonds is 8. The zero-order valence-electron chi connectivity index (χ0n) is 19.8. The van der Waals surface area contributed by atoms with Crippen molar-refractivity contribution >= 4 is 69.4 Å². The number of fused-ring (bicyclic) bond motifs is 2. The number of carbonyl (C=O) groups is 3. The van der Waals surface area contributed by atoms with Gasteiger partial charge in [-0.1, -0.05) is 5.16 Å². The zero-order valence-corrected chi connectivity index (χ0v) is 22.3. The molecule has 1 aromatic heterocycles. The minimum atomic E-state index is -1.24. The number of carboxylic acids is 1. The van der Waals surface area contributed by atoms with Crippen molar-refractivity contribution in [3.05, 3.63) is 46.3 Å². The quantitative estimate of drug-likeness (QED) is 0.121. The highest BCUT2D eigenvalue weighted by Crippen LogP contribution is 2.41. The number of thioether (sulfide) groups is 1. The maximum atomic E-state index is 13.0. The number of aromatic nitrogens is 1. The number of aliphatic carboxylic acids is 1. The molecule has 0 unspecified atom stereocenters. The molecule has 1 fully saturated rings. The molecule has 5 heterocycles. The number of carboxylic acid groups (broad SMARTS) is 1. The summed E-state index contributed by atoms with van der Waals surface area (Å²) in [6, 6.07) is -0.953. The standard InChI is InChI=1S/C20H21N9O6S3/c1-8-3-12(30)29-11(22-8)4-27(26-29)38-6-9-5-36-18-14(17(32)28(18)15(9)19(33)34)24-16(31)13(25-35-2)10-7-37-20(21)23-10/h3-4,7,14,18,26,30H,5-6H2,1-2H3,(H2,21,23)(H,24,31)(H,33,34)/b25-13-/t14-,18-/m1/s1. The van der Waals surface area contributed by atoms with Gasteiger partial charge in [0, 0.05) is 28.7 Å². The summed E-state index contributed by atoms with van der Waals surface area (Å²) < 4.78 is 1.59. The summed E-state index contributed by atoms with van der Waals surface area (Å²) in [4.78, 5) is 52.4. The van der Waals surface area contributed by atoms with Gasteiger partial charge in [-0.15, -0.1) is 28.6 Å². The Morgan fingerprint density at radius 3 is 2.92 bits per heavy atom. The molecular formula is C20H21N9O6S3. The predicted molar refractivity (Wildman–Crippen MR) is 141 cm³/mol. The summed E-state index contributed by atoms with van der Waals surface area (Å²) in [7, 11) is 1.27. The van der Waals surface area contributed by atoms with Gasteiger partial charge >= 0.3 is 5.97 Å². The molecule has 0 radical (unpaired) electrons. The SMILES string of the molecule is CO/N=C(\C(=O)N[C@@H]1C(=O)N2C(C(=O)O)=C(CSN3C=C4N=C(C)C=C(O)N4N3)CS[C@H]12)c1csc(N)n1. The molecule has 0 bridgehead atoms. The number of nitrogens with one attached hydrogen (secondary N) is 2. The molecule has 4 aliphatic heterocycles. The van der Waals surface area contributed by atoms with E-state index in [1.54, 1.807) is 17.5 Å². The summed E-state index contributed by atoms with van der Waals surface area (Å²) >= 11 is 3.70. The average molecular weight is 580 g/mol. The summed E-state index contributed by atoms with van der Waals surface area (Å²) in [6.07, 6.45) is 3.16. The number of aliphatic hydroxyl groups excluding tert-OH is 1. The van der Waals surface area contributed by atoms with Crippen LogP contribution in [-0.4, -0.2) is 88.8 Å². The fraction of sp³-hybridized carbons (Fsp3) is 0.300. The van der Waals surface area contributed by atoms with Crippen molar-refractivity contribution in [1.82, 2.24) is 30.2 Å². The van der Waals surface area contributed by atoms with E-state index in [2.05, 4.69) is 26.0 Å². The number of nitrogen functional groups attached to an aromatic ring is 1. The number of oxime groups is 1. The maximum absolute atomic E-state index is 13.0. The third kappa shape index (κ3) is 4.66. The molecule has 6 N–H and O–H groups in total. The van der Waals surface area contributed by atoms with E-state index in [-0.39, 0.29) is 33.9 Å². The molecule has 1 aromatic rings. The fourth-order valence-electron chi connectivity index (χ4n) is 3.96. The molecule has 4 aliphatic rings. The lowest BCUT2D eigenvalue weighted by Gasteiger charge is -2.49. The van der Waals surface area contributed by atoms with E-state index in [4.69, 9.17) is 10.6 Å². The number of nitrogens with two attached hydrogens (primary N) is 1. The summed E-state index contributed by atoms with van der Waals surface area (Å²) in [5.41, 5.74) is 9.68. The highest BCUT2D eigenvalue weighted by molar-refractivity contribution is 8.00. The monoisotopic (exact) mass is 579 g/mol. The van der Waals surface area contributed by atoms with Gasteiger partial charge in [0.1, 0.15) is 29.9 Å². The van der Waals surface area contributed by atoms with Gasteiger partial charge in [-0.3, -0.25) is 14.5 Å². The molecule has 0 aliphatic carbocycles. The Balaban J connectivity index is 1.27. The van der Waals surface area contributed by atoms with Crippen molar-refractivity contribution in [2.75, 3.05) is 24.3 Å². The van der Waals surface area contributed by atoms with E-state index in [1.165, 1.54) is 52.2 Å². The molecule has 15 nitrogen and oxygen atoms in total. The van der Waals surface area contributed by atoms with Crippen LogP contribution in [0.25, 0.3) is 0 Å². The van der Waals surface area contributed by atoms with Crippen molar-refractivity contribution in [3.63, 3.8) is 0 Å². The molecule has 0 aromatic carbocycles. The Labute approximate surface area is 227 Å². The van der Waals surface area contributed by atoms with Crippen LogP contribution in [0.1, 0.15) is 12.6 Å². The highest BCUT2D eigenvalue weighted by Gasteiger charge is 2.54. The van der Waals surface area contributed by atoms with Crippen LogP contribution in [0, 0.1) is 0 Å². The lowest BCUT2D eigenvalue weighted by atomic mass is 10.0. The van der Waals surface area contributed by atoms with E-state index in [9.17, 15) is 24.6 Å². The number of hydrogen-bond acceptors (Lipinski definition) is 15. The Morgan fingerprint density at radius 2 is 2.24 bits per heavy atom. The van der Waals surface area contributed by atoms with Crippen molar-refractivity contribution in [1.29, 1.82) is 0 Å². The molecule has 18 heteroatoms. The van der Waals surface area contributed by atoms with Gasteiger partial charge in [-0.2, -0.15) is 0 Å². The smallest absolute Gasteiger partial charge is 0.352 e. The van der Waals surface area contributed by atoms with Crippen LogP contribution < -0.4 is 16.6 Å². The normalized spacial score (nSPS) is 22.8. The second-order valence-electron chi connectivity index (χ2n) is 8.09. The van der Waals surface area contributed by atoms with E-state index in [0.717, 1.165) is 11.3 Å². The number of thiazole rings is 1. The van der Waals surface area contributed by atoms with Crippen LogP contribution in [-0.2, 0) is 19.2 Å². The summed E-state index contributed by atoms with van der Waals surface area (Å²) in [5, 5.41) is 28.9. The molecular weight excluding hydrogens is 558 g/mol. The first-order chi connectivity index (χ1) is 18.2. The number of aliphatic hydroxyl groups is 1. The lowest BCUT2D eigenvalue weighted by molar-refractivity contribution is -0.150. The second kappa shape index (κ2) is 10.2. The topological polar surface area (TPSA) is 198 Å². The van der Waals surface area contributed by atoms with E-state index in [1.807, 2.05) is 0 Å². The Bertz CT molecular complexity index is 1370. The van der Waals surface area contributed by atoms with Crippen LogP contribution in [0.5, 0.6) is 0 Å². The highest BCUT2D eigenvalue weighted by atomic mass is 32.2. The molecule has 2 atom stereocenters. The lowest BCUT2D eigenvalue weighted by Crippen LogP contribution is -2.71. The number of hydrogen-bond donors (Lipinski definition) is 5. The molecule has 38 heavy (non-hydrogen) atoms. The van der Waals surface area contributed by atoms with Gasteiger partial charge in [0.05, 0.1) is 6.20 Å². The number of allylic oxidation sites excluding steroid dienone is 1. The molecule has 2 amide bonds. The Morgan fingerprint density at radius 1 is 1.45 bits per heavy atom. The molecule has 0 spiro atoms. The van der Waals surface area contributed by atoms with Crippen LogP contribution >= 0.6 is 35.0 Å². The number of amides is 2. The van der Waals surface area contributed by atoms with Gasteiger partial charge in [0.15, 0.2) is 16.7 Å². The van der Waals surface area contributed by atoms with Crippen LogP contribution in [0.4, 0.5) is 5.13 Å². The van der Waals surface area contributed by atoms with E-state index >= 15 is 0 Å². The van der Waals surface area contributed by atoms with Gasteiger partial charge < -0.3 is 26.1 Å². The van der Waals surface area contributed by atoms with Crippen molar-refractivity contribution in [2.45, 2.75) is 18.3 Å². The van der Waals surface area contributed by atoms with Crippen LogP contribution in [0.2, 0.25) is 0 Å². The average Bonchev–Trinajstić information content (AvgIpc) is 3.49. The van der Waals surface area contributed by atoms with Gasteiger partial charge in [0.2, 0.25) is 5.88 Å². The third-order valence-electron chi connectivity index (χ3n) is 5.59. The van der Waals surface area contributed by atoms with Gasteiger partial charge in [-0.25, -0.2) is 24.2 Å². The summed E-state index contributed by atoms with van der Waals surface area (Å²) in [5.74, 6) is -1.46. The maximum Gasteiger partial charge on any atom is 0.352 e. The van der Waals surface area contributed by atoms with E-state index < -0.39 is 29.2 Å². The van der Waals surface area contributed by atoms with Gasteiger partial charge in [0.25, 0.3) is 11.8 Å².